The lowest BCUT2D eigenvalue weighted by Gasteiger charge is -2.12. The smallest absolute Gasteiger partial charge is 0.229 e. The molecule has 70 valence electrons. The van der Waals surface area contributed by atoms with Crippen LogP contribution in [0.4, 0.5) is 0 Å². The van der Waals surface area contributed by atoms with Crippen LogP contribution in [0.15, 0.2) is 24.5 Å². The molecule has 0 atom stereocenters. The molecule has 2 heteroatoms. The van der Waals surface area contributed by atoms with E-state index >= 15 is 0 Å². The average Bonchev–Trinajstić information content (AvgIpc) is 2.00. The Balaban J connectivity index is 3.87. The normalized spacial score (nSPS) is 11.8. The second-order valence-electron chi connectivity index (χ2n) is 3.14. The first-order valence-electron chi connectivity index (χ1n) is 4.69. The molecule has 0 aromatic rings. The topological polar surface area (TPSA) is 9.23 Å². The zero-order valence-corrected chi connectivity index (χ0v) is 9.62. The summed E-state index contributed by atoms with van der Waals surface area (Å²) in [6.07, 6.45) is 7.29. The number of allylic oxidation sites excluding steroid dienone is 3. The largest absolute Gasteiger partial charge is 0.550 e. The van der Waals surface area contributed by atoms with Crippen molar-refractivity contribution in [1.82, 2.24) is 0 Å². The first-order chi connectivity index (χ1) is 5.70. The second kappa shape index (κ2) is 7.16. The average molecular weight is 184 g/mol. The van der Waals surface area contributed by atoms with E-state index in [4.69, 9.17) is 4.43 Å². The van der Waals surface area contributed by atoms with Crippen LogP contribution in [0, 0.1) is 0 Å². The minimum Gasteiger partial charge on any atom is -0.550 e. The molecule has 0 radical (unpaired) electrons. The standard InChI is InChI=1S/C10H20OSi/c1-5-7-9-10(8-6-2)11-12(3)4/h6,8,12H,2,5,7,9H2,1,3-4H3. The van der Waals surface area contributed by atoms with Gasteiger partial charge in [0.05, 0.1) is 5.76 Å². The summed E-state index contributed by atoms with van der Waals surface area (Å²) in [6.45, 7) is 10.2. The Labute approximate surface area is 77.9 Å². The lowest BCUT2D eigenvalue weighted by Crippen LogP contribution is -2.07. The van der Waals surface area contributed by atoms with E-state index in [0.29, 0.717) is 0 Å². The fourth-order valence-electron chi connectivity index (χ4n) is 0.967. The summed E-state index contributed by atoms with van der Waals surface area (Å²) >= 11 is 0. The van der Waals surface area contributed by atoms with Crippen LogP contribution in [0.1, 0.15) is 26.2 Å². The van der Waals surface area contributed by atoms with Crippen molar-refractivity contribution in [1.29, 1.82) is 0 Å². The molecule has 0 aliphatic carbocycles. The van der Waals surface area contributed by atoms with Gasteiger partial charge in [0, 0.05) is 6.42 Å². The Hall–Kier alpha value is -0.503. The fraction of sp³-hybridized carbons (Fsp3) is 0.600. The molecule has 0 aromatic carbocycles. The quantitative estimate of drug-likeness (QED) is 0.350. The van der Waals surface area contributed by atoms with E-state index in [9.17, 15) is 0 Å². The molecule has 0 aromatic heterocycles. The van der Waals surface area contributed by atoms with Gasteiger partial charge in [-0.05, 0) is 25.6 Å². The molecular weight excluding hydrogens is 164 g/mol. The van der Waals surface area contributed by atoms with E-state index in [2.05, 4.69) is 26.6 Å². The van der Waals surface area contributed by atoms with E-state index in [1.807, 2.05) is 12.2 Å². The molecule has 0 aliphatic rings. The molecule has 0 saturated heterocycles. The highest BCUT2D eigenvalue weighted by molar-refractivity contribution is 6.48. The van der Waals surface area contributed by atoms with Crippen LogP contribution in [0.2, 0.25) is 13.1 Å². The van der Waals surface area contributed by atoms with E-state index in [0.717, 1.165) is 12.2 Å². The Kier molecular flexibility index (Phi) is 6.86. The maximum Gasteiger partial charge on any atom is 0.229 e. The summed E-state index contributed by atoms with van der Waals surface area (Å²) in [7, 11) is -0.919. The van der Waals surface area contributed by atoms with Crippen molar-refractivity contribution in [3.05, 3.63) is 24.5 Å². The summed E-state index contributed by atoms with van der Waals surface area (Å²) in [5.74, 6) is 1.12. The number of hydrogen-bond donors (Lipinski definition) is 0. The van der Waals surface area contributed by atoms with Gasteiger partial charge in [-0.25, -0.2) is 0 Å². The highest BCUT2D eigenvalue weighted by Crippen LogP contribution is 2.10. The van der Waals surface area contributed by atoms with Crippen molar-refractivity contribution in [2.75, 3.05) is 0 Å². The van der Waals surface area contributed by atoms with Gasteiger partial charge in [0.25, 0.3) is 0 Å². The zero-order chi connectivity index (χ0) is 9.40. The van der Waals surface area contributed by atoms with Crippen LogP contribution < -0.4 is 0 Å². The van der Waals surface area contributed by atoms with Crippen molar-refractivity contribution in [2.45, 2.75) is 39.3 Å². The van der Waals surface area contributed by atoms with Crippen molar-refractivity contribution >= 4 is 9.04 Å². The van der Waals surface area contributed by atoms with Crippen molar-refractivity contribution in [3.63, 3.8) is 0 Å². The summed E-state index contributed by atoms with van der Waals surface area (Å²) in [6, 6.07) is 0. The van der Waals surface area contributed by atoms with Crippen LogP contribution >= 0.6 is 0 Å². The van der Waals surface area contributed by atoms with Crippen molar-refractivity contribution in [2.24, 2.45) is 0 Å². The van der Waals surface area contributed by atoms with Gasteiger partial charge in [-0.15, -0.1) is 0 Å². The molecule has 0 saturated carbocycles. The third-order valence-corrected chi connectivity index (χ3v) is 2.24. The van der Waals surface area contributed by atoms with Crippen LogP contribution in [-0.2, 0) is 4.43 Å². The molecule has 0 amide bonds. The molecule has 0 heterocycles. The van der Waals surface area contributed by atoms with Gasteiger partial charge in [-0.1, -0.05) is 26.0 Å². The first kappa shape index (κ1) is 11.5. The highest BCUT2D eigenvalue weighted by atomic mass is 28.3. The number of rotatable bonds is 6. The van der Waals surface area contributed by atoms with Crippen LogP contribution in [0.25, 0.3) is 0 Å². The maximum atomic E-state index is 5.72. The SMILES string of the molecule is C=CC=C(CCCC)O[SiH](C)C. The van der Waals surface area contributed by atoms with Gasteiger partial charge in [-0.2, -0.15) is 0 Å². The van der Waals surface area contributed by atoms with Crippen LogP contribution in [0.3, 0.4) is 0 Å². The number of unbranched alkanes of at least 4 members (excludes halogenated alkanes) is 1. The van der Waals surface area contributed by atoms with Gasteiger partial charge < -0.3 is 4.43 Å². The predicted octanol–water partition coefficient (Wildman–Crippen LogP) is 3.25. The molecule has 0 fully saturated rings. The van der Waals surface area contributed by atoms with Crippen molar-refractivity contribution in [3.8, 4) is 0 Å². The summed E-state index contributed by atoms with van der Waals surface area (Å²) < 4.78 is 5.72. The molecular formula is C10H20OSi. The summed E-state index contributed by atoms with van der Waals surface area (Å²) in [5, 5.41) is 0. The zero-order valence-electron chi connectivity index (χ0n) is 8.47. The minimum absolute atomic E-state index is 0.919. The Bertz CT molecular complexity index is 150. The van der Waals surface area contributed by atoms with Crippen LogP contribution in [-0.4, -0.2) is 9.04 Å². The molecule has 0 aliphatic heterocycles. The van der Waals surface area contributed by atoms with Gasteiger partial charge >= 0.3 is 0 Å². The molecule has 0 N–H and O–H groups in total. The minimum atomic E-state index is -0.919. The summed E-state index contributed by atoms with van der Waals surface area (Å²) in [4.78, 5) is 0. The Morgan fingerprint density at radius 3 is 2.58 bits per heavy atom. The van der Waals surface area contributed by atoms with Gasteiger partial charge in [0.2, 0.25) is 9.04 Å². The third kappa shape index (κ3) is 6.22. The molecule has 0 bridgehead atoms. The fourth-order valence-corrected chi connectivity index (χ4v) is 1.77. The van der Waals surface area contributed by atoms with Gasteiger partial charge in [-0.3, -0.25) is 0 Å². The molecule has 0 spiro atoms. The molecule has 0 unspecified atom stereocenters. The molecule has 12 heavy (non-hydrogen) atoms. The van der Waals surface area contributed by atoms with Crippen LogP contribution in [0.5, 0.6) is 0 Å². The molecule has 0 rings (SSSR count). The van der Waals surface area contributed by atoms with Gasteiger partial charge in [0.1, 0.15) is 0 Å². The van der Waals surface area contributed by atoms with E-state index in [1.165, 1.54) is 12.8 Å². The lowest BCUT2D eigenvalue weighted by atomic mass is 10.2. The van der Waals surface area contributed by atoms with Crippen molar-refractivity contribution < 1.29 is 4.43 Å². The maximum absolute atomic E-state index is 5.72. The first-order valence-corrected chi connectivity index (χ1v) is 7.47. The Morgan fingerprint density at radius 2 is 2.17 bits per heavy atom. The predicted molar refractivity (Wildman–Crippen MR) is 57.8 cm³/mol. The van der Waals surface area contributed by atoms with E-state index < -0.39 is 9.04 Å². The monoisotopic (exact) mass is 184 g/mol. The van der Waals surface area contributed by atoms with Gasteiger partial charge in [0.15, 0.2) is 0 Å². The van der Waals surface area contributed by atoms with E-state index in [-0.39, 0.29) is 0 Å². The summed E-state index contributed by atoms with van der Waals surface area (Å²) in [5.41, 5.74) is 0. The molecule has 1 nitrogen and oxygen atoms in total. The second-order valence-corrected chi connectivity index (χ2v) is 5.47. The highest BCUT2D eigenvalue weighted by Gasteiger charge is 2.00. The number of hydrogen-bond acceptors (Lipinski definition) is 1. The lowest BCUT2D eigenvalue weighted by molar-refractivity contribution is 0.411. The Morgan fingerprint density at radius 1 is 1.50 bits per heavy atom. The third-order valence-electron chi connectivity index (χ3n) is 1.47. The van der Waals surface area contributed by atoms with E-state index in [1.54, 1.807) is 0 Å².